The van der Waals surface area contributed by atoms with Gasteiger partial charge in [-0.1, -0.05) is 0 Å². The van der Waals surface area contributed by atoms with Crippen LogP contribution in [0.3, 0.4) is 0 Å². The lowest BCUT2D eigenvalue weighted by Crippen LogP contribution is -2.25. The van der Waals surface area contributed by atoms with Gasteiger partial charge in [0.15, 0.2) is 0 Å². The Morgan fingerprint density at radius 3 is 2.42 bits per heavy atom. The first kappa shape index (κ1) is 15.5. The van der Waals surface area contributed by atoms with E-state index in [9.17, 15) is 4.79 Å². The van der Waals surface area contributed by atoms with Crippen molar-refractivity contribution in [1.29, 1.82) is 0 Å². The fraction of sp³-hybridized carbons (Fsp3) is 0.533. The number of carbonyl (C=O) groups is 1. The highest BCUT2D eigenvalue weighted by molar-refractivity contribution is 5.94. The summed E-state index contributed by atoms with van der Waals surface area (Å²) in [6.45, 7) is 4.74. The number of amides is 1. The minimum absolute atomic E-state index is 0.00732. The first-order valence-corrected chi connectivity index (χ1v) is 6.90. The summed E-state index contributed by atoms with van der Waals surface area (Å²) in [6.07, 6.45) is 2.12. The first-order valence-electron chi connectivity index (χ1n) is 6.90. The number of hydrogen-bond donors (Lipinski definition) is 2. The van der Waals surface area contributed by atoms with Gasteiger partial charge in [-0.15, -0.1) is 0 Å². The van der Waals surface area contributed by atoms with Gasteiger partial charge in [-0.05, 0) is 64.7 Å². The number of nitrogens with zero attached hydrogens (tertiary/aromatic N) is 1. The Morgan fingerprint density at radius 1 is 1.16 bits per heavy atom. The van der Waals surface area contributed by atoms with Gasteiger partial charge in [0.25, 0.3) is 5.91 Å². The van der Waals surface area contributed by atoms with E-state index in [1.54, 1.807) is 0 Å². The maximum absolute atomic E-state index is 11.9. The lowest BCUT2D eigenvalue weighted by Gasteiger charge is -2.09. The number of anilines is 1. The van der Waals surface area contributed by atoms with E-state index >= 15 is 0 Å². The summed E-state index contributed by atoms with van der Waals surface area (Å²) in [5, 5.41) is 6.15. The second-order valence-electron chi connectivity index (χ2n) is 4.87. The second kappa shape index (κ2) is 8.53. The molecule has 1 amide bonds. The van der Waals surface area contributed by atoms with Crippen LogP contribution in [0.25, 0.3) is 0 Å². The van der Waals surface area contributed by atoms with E-state index in [-0.39, 0.29) is 5.91 Å². The van der Waals surface area contributed by atoms with E-state index in [1.165, 1.54) is 0 Å². The van der Waals surface area contributed by atoms with Gasteiger partial charge in [-0.3, -0.25) is 4.79 Å². The van der Waals surface area contributed by atoms with Gasteiger partial charge >= 0.3 is 0 Å². The summed E-state index contributed by atoms with van der Waals surface area (Å²) < 4.78 is 0. The second-order valence-corrected chi connectivity index (χ2v) is 4.87. The number of carbonyl (C=O) groups excluding carboxylic acids is 1. The lowest BCUT2D eigenvalue weighted by molar-refractivity contribution is 0.0953. The molecular weight excluding hydrogens is 238 g/mol. The van der Waals surface area contributed by atoms with Crippen LogP contribution in [-0.4, -0.2) is 44.5 Å². The summed E-state index contributed by atoms with van der Waals surface area (Å²) >= 11 is 0. The van der Waals surface area contributed by atoms with Crippen LogP contribution < -0.4 is 10.6 Å². The highest BCUT2D eigenvalue weighted by atomic mass is 16.1. The molecule has 19 heavy (non-hydrogen) atoms. The molecule has 0 spiro atoms. The highest BCUT2D eigenvalue weighted by Gasteiger charge is 2.04. The number of nitrogens with one attached hydrogen (secondary N) is 2. The Kier molecular flexibility index (Phi) is 6.97. The summed E-state index contributed by atoms with van der Waals surface area (Å²) in [4.78, 5) is 14.0. The quantitative estimate of drug-likeness (QED) is 0.707. The monoisotopic (exact) mass is 263 g/mol. The van der Waals surface area contributed by atoms with E-state index in [0.29, 0.717) is 5.56 Å². The van der Waals surface area contributed by atoms with Crippen molar-refractivity contribution in [3.63, 3.8) is 0 Å². The SMILES string of the molecule is CCNc1ccc(C(=O)NCCCCN(C)C)cc1. The fourth-order valence-corrected chi connectivity index (χ4v) is 1.80. The van der Waals surface area contributed by atoms with Crippen molar-refractivity contribution in [3.05, 3.63) is 29.8 Å². The van der Waals surface area contributed by atoms with E-state index < -0.39 is 0 Å². The smallest absolute Gasteiger partial charge is 0.251 e. The van der Waals surface area contributed by atoms with Crippen molar-refractivity contribution in [3.8, 4) is 0 Å². The van der Waals surface area contributed by atoms with Gasteiger partial charge in [0.1, 0.15) is 0 Å². The topological polar surface area (TPSA) is 44.4 Å². The van der Waals surface area contributed by atoms with Crippen molar-refractivity contribution in [1.82, 2.24) is 10.2 Å². The van der Waals surface area contributed by atoms with Crippen molar-refractivity contribution >= 4 is 11.6 Å². The first-order chi connectivity index (χ1) is 9.13. The van der Waals surface area contributed by atoms with E-state index in [0.717, 1.165) is 38.2 Å². The molecule has 0 saturated heterocycles. The van der Waals surface area contributed by atoms with E-state index in [4.69, 9.17) is 0 Å². The largest absolute Gasteiger partial charge is 0.385 e. The molecule has 0 aromatic heterocycles. The average Bonchev–Trinajstić information content (AvgIpc) is 2.39. The van der Waals surface area contributed by atoms with Crippen LogP contribution in [0.1, 0.15) is 30.1 Å². The molecule has 0 unspecified atom stereocenters. The maximum atomic E-state index is 11.9. The third kappa shape index (κ3) is 6.25. The van der Waals surface area contributed by atoms with E-state index in [2.05, 4.69) is 29.6 Å². The predicted octanol–water partition coefficient (Wildman–Crippen LogP) is 2.19. The third-order valence-corrected chi connectivity index (χ3v) is 2.85. The van der Waals surface area contributed by atoms with Crippen LogP contribution in [-0.2, 0) is 0 Å². The van der Waals surface area contributed by atoms with Crippen molar-refractivity contribution < 1.29 is 4.79 Å². The molecule has 0 heterocycles. The molecule has 1 aromatic carbocycles. The van der Waals surface area contributed by atoms with Crippen LogP contribution in [0.4, 0.5) is 5.69 Å². The molecule has 1 aromatic rings. The zero-order valence-electron chi connectivity index (χ0n) is 12.2. The van der Waals surface area contributed by atoms with Crippen LogP contribution in [0.5, 0.6) is 0 Å². The Labute approximate surface area is 116 Å². The van der Waals surface area contributed by atoms with Gasteiger partial charge in [0.05, 0.1) is 0 Å². The molecule has 4 nitrogen and oxygen atoms in total. The molecule has 0 bridgehead atoms. The lowest BCUT2D eigenvalue weighted by atomic mass is 10.2. The number of unbranched alkanes of at least 4 members (excludes halogenated alkanes) is 1. The molecule has 0 aliphatic rings. The minimum atomic E-state index is 0.00732. The number of hydrogen-bond acceptors (Lipinski definition) is 3. The standard InChI is InChI=1S/C15H25N3O/c1-4-16-14-9-7-13(8-10-14)15(19)17-11-5-6-12-18(2)3/h7-10,16H,4-6,11-12H2,1-3H3,(H,17,19). The minimum Gasteiger partial charge on any atom is -0.385 e. The van der Waals surface area contributed by atoms with Crippen LogP contribution in [0, 0.1) is 0 Å². The average molecular weight is 263 g/mol. The van der Waals surface area contributed by atoms with Gasteiger partial charge in [0.2, 0.25) is 0 Å². The molecule has 0 aliphatic heterocycles. The van der Waals surface area contributed by atoms with Crippen molar-refractivity contribution in [2.75, 3.05) is 39.0 Å². The van der Waals surface area contributed by atoms with Crippen LogP contribution >= 0.6 is 0 Å². The normalized spacial score (nSPS) is 10.5. The van der Waals surface area contributed by atoms with Crippen LogP contribution in [0.2, 0.25) is 0 Å². The van der Waals surface area contributed by atoms with Gasteiger partial charge in [-0.25, -0.2) is 0 Å². The number of benzene rings is 1. The molecule has 106 valence electrons. The third-order valence-electron chi connectivity index (χ3n) is 2.85. The Balaban J connectivity index is 2.29. The van der Waals surface area contributed by atoms with Gasteiger partial charge < -0.3 is 15.5 Å². The molecule has 1 rings (SSSR count). The summed E-state index contributed by atoms with van der Waals surface area (Å²) in [7, 11) is 4.12. The molecule has 0 atom stereocenters. The summed E-state index contributed by atoms with van der Waals surface area (Å²) in [6, 6.07) is 7.58. The fourth-order valence-electron chi connectivity index (χ4n) is 1.80. The van der Waals surface area contributed by atoms with Gasteiger partial charge in [-0.2, -0.15) is 0 Å². The molecule has 4 heteroatoms. The van der Waals surface area contributed by atoms with Crippen LogP contribution in [0.15, 0.2) is 24.3 Å². The predicted molar refractivity (Wildman–Crippen MR) is 80.7 cm³/mol. The molecule has 0 aliphatic carbocycles. The highest BCUT2D eigenvalue weighted by Crippen LogP contribution is 2.09. The summed E-state index contributed by atoms with van der Waals surface area (Å²) in [5.41, 5.74) is 1.76. The van der Waals surface area contributed by atoms with Crippen molar-refractivity contribution in [2.24, 2.45) is 0 Å². The Morgan fingerprint density at radius 2 is 1.84 bits per heavy atom. The zero-order chi connectivity index (χ0) is 14.1. The van der Waals surface area contributed by atoms with Gasteiger partial charge in [0, 0.05) is 24.3 Å². The summed E-state index contributed by atoms with van der Waals surface area (Å²) in [5.74, 6) is 0.00732. The molecule has 0 fully saturated rings. The zero-order valence-corrected chi connectivity index (χ0v) is 12.2. The molecular formula is C15H25N3O. The molecule has 0 radical (unpaired) electrons. The molecule has 2 N–H and O–H groups in total. The van der Waals surface area contributed by atoms with E-state index in [1.807, 2.05) is 31.2 Å². The number of rotatable bonds is 8. The molecule has 0 saturated carbocycles. The van der Waals surface area contributed by atoms with Crippen molar-refractivity contribution in [2.45, 2.75) is 19.8 Å². The Hall–Kier alpha value is -1.55. The Bertz CT molecular complexity index is 373. The maximum Gasteiger partial charge on any atom is 0.251 e.